The van der Waals surface area contributed by atoms with E-state index in [4.69, 9.17) is 0 Å². The molecule has 0 spiro atoms. The number of alkyl halides is 2. The van der Waals surface area contributed by atoms with Crippen LogP contribution in [-0.4, -0.2) is 5.92 Å². The average Bonchev–Trinajstić information content (AvgIpc) is 2.78. The third kappa shape index (κ3) is 1.96. The minimum Gasteiger partial charge on any atom is -0.207 e. The Hall–Kier alpha value is -0.140. The van der Waals surface area contributed by atoms with Gasteiger partial charge in [0.25, 0.3) is 0 Å². The molecule has 4 aliphatic carbocycles. The van der Waals surface area contributed by atoms with Crippen molar-refractivity contribution in [1.29, 1.82) is 0 Å². The van der Waals surface area contributed by atoms with Crippen LogP contribution in [0.5, 0.6) is 0 Å². The van der Waals surface area contributed by atoms with Crippen LogP contribution in [0.2, 0.25) is 0 Å². The van der Waals surface area contributed by atoms with E-state index in [0.717, 1.165) is 30.6 Å². The van der Waals surface area contributed by atoms with E-state index in [1.165, 1.54) is 38.5 Å². The molecule has 5 unspecified atom stereocenters. The van der Waals surface area contributed by atoms with Gasteiger partial charge >= 0.3 is 0 Å². The molecule has 0 amide bonds. The number of hydrogen-bond acceptors (Lipinski definition) is 0. The van der Waals surface area contributed by atoms with Crippen LogP contribution in [0.25, 0.3) is 0 Å². The zero-order valence-electron chi connectivity index (χ0n) is 12.7. The van der Waals surface area contributed by atoms with E-state index in [0.29, 0.717) is 17.3 Å². The lowest BCUT2D eigenvalue weighted by Crippen LogP contribution is -2.48. The highest BCUT2D eigenvalue weighted by molar-refractivity contribution is 5.03. The first kappa shape index (κ1) is 13.5. The highest BCUT2D eigenvalue weighted by Gasteiger charge is 2.55. The van der Waals surface area contributed by atoms with Crippen LogP contribution in [-0.2, 0) is 0 Å². The summed E-state index contributed by atoms with van der Waals surface area (Å²) in [5, 5.41) is 0. The van der Waals surface area contributed by atoms with E-state index >= 15 is 0 Å². The molecule has 4 aliphatic rings. The van der Waals surface area contributed by atoms with Gasteiger partial charge in [-0.15, -0.1) is 0 Å². The number of fused-ring (bicyclic) bond motifs is 5. The summed E-state index contributed by atoms with van der Waals surface area (Å²) >= 11 is 0. The third-order valence-electron chi connectivity index (χ3n) is 7.70. The van der Waals surface area contributed by atoms with Crippen LogP contribution in [0.15, 0.2) is 0 Å². The lowest BCUT2D eigenvalue weighted by Gasteiger charge is -2.55. The van der Waals surface area contributed by atoms with Crippen LogP contribution in [0.3, 0.4) is 0 Å². The molecule has 114 valence electrons. The van der Waals surface area contributed by atoms with Gasteiger partial charge in [0.05, 0.1) is 0 Å². The molecule has 0 aromatic carbocycles. The van der Waals surface area contributed by atoms with Gasteiger partial charge in [-0.05, 0) is 80.0 Å². The normalized spacial score (nSPS) is 53.9. The summed E-state index contributed by atoms with van der Waals surface area (Å²) in [6, 6.07) is 0. The number of halogens is 2. The Bertz CT molecular complexity index is 391. The van der Waals surface area contributed by atoms with Crippen molar-refractivity contribution >= 4 is 0 Å². The Morgan fingerprint density at radius 3 is 2.45 bits per heavy atom. The van der Waals surface area contributed by atoms with E-state index in [2.05, 4.69) is 6.92 Å². The zero-order chi connectivity index (χ0) is 14.0. The average molecular weight is 282 g/mol. The largest absolute Gasteiger partial charge is 0.248 e. The van der Waals surface area contributed by atoms with Crippen LogP contribution in [0.4, 0.5) is 8.78 Å². The first-order valence-electron chi connectivity index (χ1n) is 8.86. The fourth-order valence-electron chi connectivity index (χ4n) is 6.79. The monoisotopic (exact) mass is 282 g/mol. The van der Waals surface area contributed by atoms with Crippen molar-refractivity contribution in [1.82, 2.24) is 0 Å². The van der Waals surface area contributed by atoms with Crippen LogP contribution in [0.1, 0.15) is 71.1 Å². The van der Waals surface area contributed by atoms with E-state index in [1.807, 2.05) is 0 Å². The molecule has 0 nitrogen and oxygen atoms in total. The SMILES string of the molecule is CC12CCC[C@H]1C1CCC3CC(F)(F)CCC3C1CC2. The molecule has 0 aromatic rings. The molecular weight excluding hydrogens is 254 g/mol. The maximum atomic E-state index is 13.7. The Morgan fingerprint density at radius 2 is 1.60 bits per heavy atom. The molecule has 0 bridgehead atoms. The van der Waals surface area contributed by atoms with Crippen molar-refractivity contribution in [3.8, 4) is 0 Å². The lowest BCUT2D eigenvalue weighted by atomic mass is 9.50. The van der Waals surface area contributed by atoms with Gasteiger partial charge in [0, 0.05) is 12.8 Å². The molecule has 0 aromatic heterocycles. The molecule has 0 heterocycles. The third-order valence-corrected chi connectivity index (χ3v) is 7.70. The number of hydrogen-bond donors (Lipinski definition) is 0. The first-order chi connectivity index (χ1) is 9.49. The second-order valence-corrected chi connectivity index (χ2v) is 8.62. The van der Waals surface area contributed by atoms with Gasteiger partial charge in [-0.25, -0.2) is 8.78 Å². The highest BCUT2D eigenvalue weighted by atomic mass is 19.3. The van der Waals surface area contributed by atoms with Gasteiger partial charge in [-0.3, -0.25) is 0 Å². The second kappa shape index (κ2) is 4.43. The van der Waals surface area contributed by atoms with E-state index in [-0.39, 0.29) is 12.8 Å². The van der Waals surface area contributed by atoms with Crippen LogP contribution < -0.4 is 0 Å². The smallest absolute Gasteiger partial charge is 0.207 e. The highest BCUT2D eigenvalue weighted by Crippen LogP contribution is 2.63. The molecule has 0 N–H and O–H groups in total. The zero-order valence-corrected chi connectivity index (χ0v) is 12.7. The Labute approximate surface area is 121 Å². The molecule has 4 saturated carbocycles. The Balaban J connectivity index is 1.55. The summed E-state index contributed by atoms with van der Waals surface area (Å²) in [4.78, 5) is 0. The molecule has 4 fully saturated rings. The van der Waals surface area contributed by atoms with Crippen molar-refractivity contribution in [2.45, 2.75) is 77.1 Å². The van der Waals surface area contributed by atoms with E-state index in [9.17, 15) is 8.78 Å². The van der Waals surface area contributed by atoms with Gasteiger partial charge < -0.3 is 0 Å². The van der Waals surface area contributed by atoms with Gasteiger partial charge in [-0.1, -0.05) is 13.3 Å². The molecule has 6 atom stereocenters. The van der Waals surface area contributed by atoms with Gasteiger partial charge in [0.15, 0.2) is 0 Å². The summed E-state index contributed by atoms with van der Waals surface area (Å²) in [6.07, 6.45) is 10.5. The minimum absolute atomic E-state index is 0.166. The topological polar surface area (TPSA) is 0 Å². The van der Waals surface area contributed by atoms with Crippen molar-refractivity contribution < 1.29 is 8.78 Å². The maximum Gasteiger partial charge on any atom is 0.248 e. The summed E-state index contributed by atoms with van der Waals surface area (Å²) in [5.74, 6) is 1.21. The van der Waals surface area contributed by atoms with Crippen molar-refractivity contribution in [3.63, 3.8) is 0 Å². The maximum absolute atomic E-state index is 13.7. The molecule has 0 aliphatic heterocycles. The fraction of sp³-hybridized carbons (Fsp3) is 1.00. The summed E-state index contributed by atoms with van der Waals surface area (Å²) in [5.41, 5.74) is 0.604. The van der Waals surface area contributed by atoms with Gasteiger partial charge in [-0.2, -0.15) is 0 Å². The predicted octanol–water partition coefficient (Wildman–Crippen LogP) is 5.66. The quantitative estimate of drug-likeness (QED) is 0.537. The predicted molar refractivity (Wildman–Crippen MR) is 76.7 cm³/mol. The summed E-state index contributed by atoms with van der Waals surface area (Å²) < 4.78 is 27.4. The Kier molecular flexibility index (Phi) is 2.99. The van der Waals surface area contributed by atoms with Gasteiger partial charge in [0.1, 0.15) is 0 Å². The van der Waals surface area contributed by atoms with Crippen molar-refractivity contribution in [2.24, 2.45) is 35.0 Å². The van der Waals surface area contributed by atoms with Crippen molar-refractivity contribution in [2.75, 3.05) is 0 Å². The fourth-order valence-corrected chi connectivity index (χ4v) is 6.79. The van der Waals surface area contributed by atoms with Crippen LogP contribution >= 0.6 is 0 Å². The van der Waals surface area contributed by atoms with Gasteiger partial charge in [0.2, 0.25) is 5.92 Å². The second-order valence-electron chi connectivity index (χ2n) is 8.62. The van der Waals surface area contributed by atoms with Crippen molar-refractivity contribution in [3.05, 3.63) is 0 Å². The van der Waals surface area contributed by atoms with E-state index in [1.54, 1.807) is 0 Å². The number of rotatable bonds is 0. The van der Waals surface area contributed by atoms with E-state index < -0.39 is 5.92 Å². The van der Waals surface area contributed by atoms with Crippen LogP contribution in [0, 0.1) is 35.0 Å². The molecule has 4 rings (SSSR count). The molecule has 0 radical (unpaired) electrons. The Morgan fingerprint density at radius 1 is 0.800 bits per heavy atom. The molecule has 0 saturated heterocycles. The molecule has 2 heteroatoms. The lowest BCUT2D eigenvalue weighted by molar-refractivity contribution is -0.118. The molecular formula is C18H28F2. The standard InChI is InChI=1S/C18H28F2/c1-17-8-2-3-16(17)15-5-4-12-11-18(19,20)10-7-13(12)14(15)6-9-17/h12-16H,2-11H2,1H3/t12?,13?,14?,15?,16-,17?/m0/s1. The summed E-state index contributed by atoms with van der Waals surface area (Å²) in [6.45, 7) is 2.52. The molecule has 20 heavy (non-hydrogen) atoms. The minimum atomic E-state index is -2.36. The first-order valence-corrected chi connectivity index (χ1v) is 8.86. The summed E-state index contributed by atoms with van der Waals surface area (Å²) in [7, 11) is 0.